The summed E-state index contributed by atoms with van der Waals surface area (Å²) < 4.78 is 2.12. The topological polar surface area (TPSA) is 17.8 Å². The molecule has 15 heavy (non-hydrogen) atoms. The molecule has 77 valence electrons. The van der Waals surface area contributed by atoms with Gasteiger partial charge in [-0.3, -0.25) is 0 Å². The molecule has 2 aromatic rings. The van der Waals surface area contributed by atoms with Crippen molar-refractivity contribution in [2.45, 2.75) is 19.4 Å². The van der Waals surface area contributed by atoms with E-state index in [0.29, 0.717) is 0 Å². The largest absolute Gasteiger partial charge is 0.337 e. The van der Waals surface area contributed by atoms with Crippen LogP contribution in [0.2, 0.25) is 0 Å². The molecule has 2 nitrogen and oxygen atoms in total. The maximum absolute atomic E-state index is 4.25. The van der Waals surface area contributed by atoms with E-state index in [4.69, 9.17) is 0 Å². The Labute approximate surface area is 90.6 Å². The molecule has 1 heterocycles. The predicted octanol–water partition coefficient (Wildman–Crippen LogP) is 2.50. The number of hydrogen-bond acceptors (Lipinski definition) is 1. The molecule has 0 amide bonds. The van der Waals surface area contributed by atoms with Gasteiger partial charge in [0.1, 0.15) is 0 Å². The number of aromatic nitrogens is 2. The van der Waals surface area contributed by atoms with Gasteiger partial charge < -0.3 is 4.57 Å². The molecule has 0 saturated heterocycles. The minimum Gasteiger partial charge on any atom is -0.337 e. The number of hydrogen-bond donors (Lipinski definition) is 0. The average Bonchev–Trinajstić information content (AvgIpc) is 2.76. The van der Waals surface area contributed by atoms with E-state index in [2.05, 4.69) is 46.9 Å². The van der Waals surface area contributed by atoms with Crippen LogP contribution < -0.4 is 0 Å². The van der Waals surface area contributed by atoms with Crippen LogP contribution in [0, 0.1) is 6.92 Å². The van der Waals surface area contributed by atoms with Crippen molar-refractivity contribution in [2.24, 2.45) is 0 Å². The third-order valence-electron chi connectivity index (χ3n) is 2.44. The fourth-order valence-electron chi connectivity index (χ4n) is 1.56. The smallest absolute Gasteiger partial charge is 0.0949 e. The van der Waals surface area contributed by atoms with Gasteiger partial charge in [0, 0.05) is 12.7 Å². The van der Waals surface area contributed by atoms with E-state index >= 15 is 0 Å². The van der Waals surface area contributed by atoms with E-state index in [1.54, 1.807) is 0 Å². The third kappa shape index (κ3) is 2.69. The standard InChI is InChI=1S/C13H15N2/c1-2-13-10-15(11-14-13)9-8-12-6-4-3-5-7-12/h3-7,10-11H,1-2,8-9H2. The fourth-order valence-corrected chi connectivity index (χ4v) is 1.56. The molecule has 2 heteroatoms. The van der Waals surface area contributed by atoms with Crippen molar-refractivity contribution < 1.29 is 0 Å². The zero-order valence-electron chi connectivity index (χ0n) is 8.76. The second-order valence-electron chi connectivity index (χ2n) is 3.59. The van der Waals surface area contributed by atoms with Gasteiger partial charge in [-0.2, -0.15) is 0 Å². The van der Waals surface area contributed by atoms with Crippen molar-refractivity contribution in [3.05, 3.63) is 61.0 Å². The summed E-state index contributed by atoms with van der Waals surface area (Å²) in [6, 6.07) is 10.5. The van der Waals surface area contributed by atoms with Gasteiger partial charge in [-0.05, 0) is 25.3 Å². The van der Waals surface area contributed by atoms with Crippen LogP contribution in [0.1, 0.15) is 11.3 Å². The first kappa shape index (κ1) is 9.97. The second kappa shape index (κ2) is 4.78. The highest BCUT2D eigenvalue weighted by atomic mass is 15.0. The summed E-state index contributed by atoms with van der Waals surface area (Å²) in [5.74, 6) is 0. The molecule has 0 N–H and O–H groups in total. The quantitative estimate of drug-likeness (QED) is 0.739. The van der Waals surface area contributed by atoms with E-state index in [1.807, 2.05) is 12.4 Å². The average molecular weight is 199 g/mol. The Morgan fingerprint density at radius 1 is 1.20 bits per heavy atom. The third-order valence-corrected chi connectivity index (χ3v) is 2.44. The van der Waals surface area contributed by atoms with Crippen molar-refractivity contribution in [1.29, 1.82) is 0 Å². The summed E-state index contributed by atoms with van der Waals surface area (Å²) in [5.41, 5.74) is 2.42. The van der Waals surface area contributed by atoms with Crippen LogP contribution in [0.15, 0.2) is 42.9 Å². The molecule has 0 saturated carbocycles. The lowest BCUT2D eigenvalue weighted by Gasteiger charge is -2.01. The molecule has 2 rings (SSSR count). The Hall–Kier alpha value is -1.57. The molecule has 0 aliphatic rings. The molecule has 1 aromatic heterocycles. The van der Waals surface area contributed by atoms with Gasteiger partial charge in [0.15, 0.2) is 0 Å². The van der Waals surface area contributed by atoms with E-state index < -0.39 is 0 Å². The molecule has 0 spiro atoms. The summed E-state index contributed by atoms with van der Waals surface area (Å²) in [5, 5.41) is 0. The Morgan fingerprint density at radius 2 is 2.00 bits per heavy atom. The molecular weight excluding hydrogens is 184 g/mol. The fraction of sp³-hybridized carbons (Fsp3) is 0.231. The molecule has 0 fully saturated rings. The highest BCUT2D eigenvalue weighted by Crippen LogP contribution is 2.03. The molecule has 0 bridgehead atoms. The maximum atomic E-state index is 4.25. The van der Waals surface area contributed by atoms with Gasteiger partial charge in [0.05, 0.1) is 12.0 Å². The summed E-state index contributed by atoms with van der Waals surface area (Å²) in [4.78, 5) is 4.25. The van der Waals surface area contributed by atoms with Crippen LogP contribution in [0.3, 0.4) is 0 Å². The SMILES string of the molecule is [CH2]Cc1cn(CCc2ccccc2)cn1. The molecule has 0 atom stereocenters. The molecule has 0 aliphatic carbocycles. The molecule has 1 radical (unpaired) electrons. The zero-order chi connectivity index (χ0) is 10.5. The maximum Gasteiger partial charge on any atom is 0.0949 e. The Kier molecular flexibility index (Phi) is 3.18. The van der Waals surface area contributed by atoms with Crippen molar-refractivity contribution >= 4 is 0 Å². The van der Waals surface area contributed by atoms with E-state index in [-0.39, 0.29) is 0 Å². The highest BCUT2D eigenvalue weighted by Gasteiger charge is 1.96. The van der Waals surface area contributed by atoms with Crippen molar-refractivity contribution in [2.75, 3.05) is 0 Å². The number of rotatable bonds is 4. The first-order valence-electron chi connectivity index (χ1n) is 5.22. The summed E-state index contributed by atoms with van der Waals surface area (Å²) >= 11 is 0. The number of benzene rings is 1. The van der Waals surface area contributed by atoms with Gasteiger partial charge in [-0.15, -0.1) is 0 Å². The first-order valence-corrected chi connectivity index (χ1v) is 5.22. The molecule has 1 aromatic carbocycles. The van der Waals surface area contributed by atoms with E-state index in [0.717, 1.165) is 25.1 Å². The van der Waals surface area contributed by atoms with Crippen molar-refractivity contribution in [3.63, 3.8) is 0 Å². The van der Waals surface area contributed by atoms with E-state index in [1.165, 1.54) is 5.56 Å². The lowest BCUT2D eigenvalue weighted by molar-refractivity contribution is 0.695. The molecule has 0 aliphatic heterocycles. The van der Waals surface area contributed by atoms with E-state index in [9.17, 15) is 0 Å². The molecular formula is C13H15N2. The first-order chi connectivity index (χ1) is 7.38. The van der Waals surface area contributed by atoms with Crippen LogP contribution in [0.25, 0.3) is 0 Å². The Bertz CT molecular complexity index is 403. The normalized spacial score (nSPS) is 10.5. The van der Waals surface area contributed by atoms with Gasteiger partial charge >= 0.3 is 0 Å². The van der Waals surface area contributed by atoms with Crippen LogP contribution in [0.5, 0.6) is 0 Å². The van der Waals surface area contributed by atoms with Gasteiger partial charge in [0.2, 0.25) is 0 Å². The predicted molar refractivity (Wildman–Crippen MR) is 61.4 cm³/mol. The van der Waals surface area contributed by atoms with Crippen LogP contribution in [0.4, 0.5) is 0 Å². The summed E-state index contributed by atoms with van der Waals surface area (Å²) in [6.45, 7) is 4.79. The van der Waals surface area contributed by atoms with Gasteiger partial charge in [-0.1, -0.05) is 30.3 Å². The minimum absolute atomic E-state index is 0.762. The lowest BCUT2D eigenvalue weighted by Crippen LogP contribution is -1.98. The lowest BCUT2D eigenvalue weighted by atomic mass is 10.1. The van der Waals surface area contributed by atoms with Crippen LogP contribution in [-0.4, -0.2) is 9.55 Å². The van der Waals surface area contributed by atoms with Crippen LogP contribution >= 0.6 is 0 Å². The van der Waals surface area contributed by atoms with Gasteiger partial charge in [0.25, 0.3) is 0 Å². The number of imidazole rings is 1. The number of aryl methyl sites for hydroxylation is 2. The number of nitrogens with zero attached hydrogens (tertiary/aromatic N) is 2. The Balaban J connectivity index is 1.93. The monoisotopic (exact) mass is 199 g/mol. The zero-order valence-corrected chi connectivity index (χ0v) is 8.76. The Morgan fingerprint density at radius 3 is 2.67 bits per heavy atom. The van der Waals surface area contributed by atoms with Gasteiger partial charge in [-0.25, -0.2) is 4.98 Å². The summed E-state index contributed by atoms with van der Waals surface area (Å²) in [6.07, 6.45) is 5.76. The van der Waals surface area contributed by atoms with Crippen molar-refractivity contribution in [3.8, 4) is 0 Å². The molecule has 0 unspecified atom stereocenters. The van der Waals surface area contributed by atoms with Crippen molar-refractivity contribution in [1.82, 2.24) is 9.55 Å². The highest BCUT2D eigenvalue weighted by molar-refractivity contribution is 5.14. The minimum atomic E-state index is 0.762. The second-order valence-corrected chi connectivity index (χ2v) is 3.59. The summed E-state index contributed by atoms with van der Waals surface area (Å²) in [7, 11) is 0. The van der Waals surface area contributed by atoms with Crippen LogP contribution in [-0.2, 0) is 19.4 Å².